The minimum absolute atomic E-state index is 0.182. The Morgan fingerprint density at radius 2 is 2.00 bits per heavy atom. The summed E-state index contributed by atoms with van der Waals surface area (Å²) in [6, 6.07) is 0.182. The lowest BCUT2D eigenvalue weighted by Crippen LogP contribution is -2.56. The fourth-order valence-electron chi connectivity index (χ4n) is 1.67. The zero-order chi connectivity index (χ0) is 14.0. The second-order valence-corrected chi connectivity index (χ2v) is 4.75. The summed E-state index contributed by atoms with van der Waals surface area (Å²) in [5, 5.41) is 3.20. The van der Waals surface area contributed by atoms with Crippen molar-refractivity contribution < 1.29 is 19.0 Å². The highest BCUT2D eigenvalue weighted by molar-refractivity contribution is 5.80. The molecular formula is C13H27NO4. The maximum Gasteiger partial charge on any atom is 0.328 e. The highest BCUT2D eigenvalue weighted by atomic mass is 16.5. The molecule has 0 aliphatic rings. The number of esters is 1. The minimum Gasteiger partial charge on any atom is -0.465 e. The molecule has 5 nitrogen and oxygen atoms in total. The molecule has 0 spiro atoms. The van der Waals surface area contributed by atoms with Crippen LogP contribution in [0.2, 0.25) is 0 Å². The maximum atomic E-state index is 11.9. The third kappa shape index (κ3) is 6.93. The fourth-order valence-corrected chi connectivity index (χ4v) is 1.67. The van der Waals surface area contributed by atoms with Gasteiger partial charge in [-0.3, -0.25) is 5.32 Å². The van der Waals surface area contributed by atoms with Crippen molar-refractivity contribution in [1.29, 1.82) is 0 Å². The summed E-state index contributed by atoms with van der Waals surface area (Å²) in [6.07, 6.45) is 0.817. The van der Waals surface area contributed by atoms with Crippen LogP contribution in [-0.4, -0.2) is 51.1 Å². The number of carbonyl (C=O) groups excluding carboxylic acids is 1. The lowest BCUT2D eigenvalue weighted by Gasteiger charge is -2.30. The molecule has 0 radical (unpaired) electrons. The molecule has 0 saturated carbocycles. The van der Waals surface area contributed by atoms with Gasteiger partial charge in [-0.1, -0.05) is 0 Å². The predicted octanol–water partition coefficient (Wildman–Crippen LogP) is 1.36. The first-order valence-electron chi connectivity index (χ1n) is 6.48. The van der Waals surface area contributed by atoms with Gasteiger partial charge in [0.05, 0.1) is 13.2 Å². The smallest absolute Gasteiger partial charge is 0.328 e. The van der Waals surface area contributed by atoms with Gasteiger partial charge < -0.3 is 14.2 Å². The van der Waals surface area contributed by atoms with Gasteiger partial charge in [-0.25, -0.2) is 4.79 Å². The van der Waals surface area contributed by atoms with Crippen LogP contribution >= 0.6 is 0 Å². The second-order valence-electron chi connectivity index (χ2n) is 4.75. The van der Waals surface area contributed by atoms with Crippen molar-refractivity contribution in [3.05, 3.63) is 0 Å². The van der Waals surface area contributed by atoms with Crippen molar-refractivity contribution >= 4 is 5.97 Å². The van der Waals surface area contributed by atoms with Crippen LogP contribution in [0, 0.1) is 0 Å². The number of carbonyl (C=O) groups is 1. The van der Waals surface area contributed by atoms with Crippen LogP contribution in [0.25, 0.3) is 0 Å². The molecule has 0 bridgehead atoms. The van der Waals surface area contributed by atoms with E-state index in [1.165, 1.54) is 0 Å². The molecule has 108 valence electrons. The normalized spacial score (nSPS) is 14.6. The van der Waals surface area contributed by atoms with Gasteiger partial charge in [-0.15, -0.1) is 0 Å². The van der Waals surface area contributed by atoms with Crippen molar-refractivity contribution in [2.24, 2.45) is 0 Å². The van der Waals surface area contributed by atoms with Gasteiger partial charge in [0, 0.05) is 26.4 Å². The van der Waals surface area contributed by atoms with Gasteiger partial charge in [-0.2, -0.15) is 0 Å². The summed E-state index contributed by atoms with van der Waals surface area (Å²) in [6.45, 7) is 9.49. The van der Waals surface area contributed by atoms with Crippen LogP contribution in [0.15, 0.2) is 0 Å². The zero-order valence-corrected chi connectivity index (χ0v) is 12.2. The van der Waals surface area contributed by atoms with E-state index >= 15 is 0 Å². The molecule has 0 aliphatic carbocycles. The van der Waals surface area contributed by atoms with Crippen molar-refractivity contribution in [3.8, 4) is 0 Å². The molecule has 1 N–H and O–H groups in total. The molecule has 1 unspecified atom stereocenters. The van der Waals surface area contributed by atoms with Gasteiger partial charge in [0.1, 0.15) is 5.54 Å². The highest BCUT2D eigenvalue weighted by Crippen LogP contribution is 2.09. The number of ether oxygens (including phenoxy) is 3. The van der Waals surface area contributed by atoms with Crippen molar-refractivity contribution in [2.75, 3.05) is 33.5 Å². The van der Waals surface area contributed by atoms with Crippen LogP contribution in [-0.2, 0) is 19.0 Å². The second kappa shape index (κ2) is 9.30. The lowest BCUT2D eigenvalue weighted by atomic mass is 10.0. The first-order chi connectivity index (χ1) is 8.46. The van der Waals surface area contributed by atoms with E-state index in [2.05, 4.69) is 5.32 Å². The van der Waals surface area contributed by atoms with E-state index in [4.69, 9.17) is 14.2 Å². The first-order valence-corrected chi connectivity index (χ1v) is 6.48. The van der Waals surface area contributed by atoms with Crippen LogP contribution in [0.4, 0.5) is 0 Å². The van der Waals surface area contributed by atoms with Gasteiger partial charge in [0.25, 0.3) is 0 Å². The Hall–Kier alpha value is -0.650. The topological polar surface area (TPSA) is 56.8 Å². The van der Waals surface area contributed by atoms with Gasteiger partial charge in [0.2, 0.25) is 0 Å². The molecule has 18 heavy (non-hydrogen) atoms. The van der Waals surface area contributed by atoms with Gasteiger partial charge in [-0.05, 0) is 34.1 Å². The number of hydrogen-bond acceptors (Lipinski definition) is 5. The van der Waals surface area contributed by atoms with Crippen molar-refractivity contribution in [3.63, 3.8) is 0 Å². The molecule has 0 rings (SSSR count). The van der Waals surface area contributed by atoms with Crippen molar-refractivity contribution in [2.45, 2.75) is 45.7 Å². The summed E-state index contributed by atoms with van der Waals surface area (Å²) in [4.78, 5) is 11.9. The Balaban J connectivity index is 4.25. The average Bonchev–Trinajstić information content (AvgIpc) is 2.28. The monoisotopic (exact) mass is 261 g/mol. The van der Waals surface area contributed by atoms with E-state index in [-0.39, 0.29) is 12.0 Å². The molecular weight excluding hydrogens is 234 g/mol. The lowest BCUT2D eigenvalue weighted by molar-refractivity contribution is -0.153. The Morgan fingerprint density at radius 3 is 2.50 bits per heavy atom. The van der Waals surface area contributed by atoms with E-state index in [1.807, 2.05) is 13.8 Å². The fraction of sp³-hybridized carbons (Fsp3) is 0.923. The Morgan fingerprint density at radius 1 is 1.33 bits per heavy atom. The molecule has 0 aliphatic heterocycles. The third-order valence-electron chi connectivity index (χ3n) is 2.36. The molecule has 0 aromatic carbocycles. The quantitative estimate of drug-likeness (QED) is 0.475. The average molecular weight is 261 g/mol. The highest BCUT2D eigenvalue weighted by Gasteiger charge is 2.35. The Labute approximate surface area is 110 Å². The zero-order valence-electron chi connectivity index (χ0n) is 12.2. The van der Waals surface area contributed by atoms with E-state index < -0.39 is 5.54 Å². The molecule has 0 aromatic rings. The van der Waals surface area contributed by atoms with E-state index in [0.717, 1.165) is 6.42 Å². The van der Waals surface area contributed by atoms with Crippen LogP contribution in [0.3, 0.4) is 0 Å². The predicted molar refractivity (Wildman–Crippen MR) is 70.6 cm³/mol. The molecule has 0 aromatic heterocycles. The number of nitrogens with one attached hydrogen (secondary N) is 1. The number of hydrogen-bond donors (Lipinski definition) is 1. The molecule has 0 amide bonds. The SMILES string of the molecule is CCOC(=O)C(C)(COCCCOC)NC(C)C. The summed E-state index contributed by atoms with van der Waals surface area (Å²) in [5.41, 5.74) is -0.794. The summed E-state index contributed by atoms with van der Waals surface area (Å²) >= 11 is 0. The minimum atomic E-state index is -0.794. The molecule has 5 heteroatoms. The third-order valence-corrected chi connectivity index (χ3v) is 2.36. The molecule has 0 heterocycles. The molecule has 1 atom stereocenters. The van der Waals surface area contributed by atoms with E-state index in [0.29, 0.717) is 26.4 Å². The number of rotatable bonds is 10. The van der Waals surface area contributed by atoms with Crippen molar-refractivity contribution in [1.82, 2.24) is 5.32 Å². The maximum absolute atomic E-state index is 11.9. The Kier molecular flexibility index (Phi) is 8.97. The summed E-state index contributed by atoms with van der Waals surface area (Å²) in [5.74, 6) is -0.273. The van der Waals surface area contributed by atoms with E-state index in [9.17, 15) is 4.79 Å². The van der Waals surface area contributed by atoms with Crippen LogP contribution in [0.1, 0.15) is 34.1 Å². The molecule has 0 fully saturated rings. The van der Waals surface area contributed by atoms with E-state index in [1.54, 1.807) is 21.0 Å². The first kappa shape index (κ1) is 17.4. The standard InChI is InChI=1S/C13H27NO4/c1-6-18-12(15)13(4,14-11(2)3)10-17-9-7-8-16-5/h11,14H,6-10H2,1-5H3. The van der Waals surface area contributed by atoms with Crippen LogP contribution < -0.4 is 5.32 Å². The number of methoxy groups -OCH3 is 1. The van der Waals surface area contributed by atoms with Gasteiger partial charge >= 0.3 is 5.97 Å². The Bertz CT molecular complexity index is 233. The summed E-state index contributed by atoms with van der Waals surface area (Å²) < 4.78 is 15.5. The largest absolute Gasteiger partial charge is 0.465 e. The summed E-state index contributed by atoms with van der Waals surface area (Å²) in [7, 11) is 1.66. The molecule has 0 saturated heterocycles. The van der Waals surface area contributed by atoms with Gasteiger partial charge in [0.15, 0.2) is 0 Å². The van der Waals surface area contributed by atoms with Crippen LogP contribution in [0.5, 0.6) is 0 Å².